The summed E-state index contributed by atoms with van der Waals surface area (Å²) in [4.78, 5) is 10.8. The maximum atomic E-state index is 10.8. The molecular weight excluding hydrogens is 194 g/mol. The van der Waals surface area contributed by atoms with E-state index in [9.17, 15) is 4.79 Å². The Morgan fingerprint density at radius 1 is 1.70 bits per heavy atom. The summed E-state index contributed by atoms with van der Waals surface area (Å²) in [5, 5.41) is 3.43. The van der Waals surface area contributed by atoms with Crippen LogP contribution < -0.4 is 5.32 Å². The topological polar surface area (TPSA) is 29.1 Å². The number of amides is 1. The van der Waals surface area contributed by atoms with E-state index < -0.39 is 0 Å². The van der Waals surface area contributed by atoms with Gasteiger partial charge in [-0.15, -0.1) is 0 Å². The molecule has 58 valence electrons. The van der Waals surface area contributed by atoms with Crippen LogP contribution in [0.5, 0.6) is 0 Å². The summed E-state index contributed by atoms with van der Waals surface area (Å²) in [6.45, 7) is 6.13. The lowest BCUT2D eigenvalue weighted by Gasteiger charge is -2.01. The molecule has 1 N–H and O–H groups in total. The summed E-state index contributed by atoms with van der Waals surface area (Å²) < 4.78 is 0. The van der Waals surface area contributed by atoms with Crippen molar-refractivity contribution in [3.63, 3.8) is 0 Å². The standard InChI is InChI=1S/C7H12BrNO/c1-6(2)5-9-7(10)3-4-8/h1,3-5H2,2H3,(H,9,10). The second-order valence-corrected chi connectivity index (χ2v) is 2.97. The fourth-order valence-electron chi connectivity index (χ4n) is 0.424. The first-order chi connectivity index (χ1) is 4.66. The molecule has 0 aromatic rings. The number of carbonyl (C=O) groups excluding carboxylic acids is 1. The molecule has 0 rings (SSSR count). The molecule has 0 aromatic carbocycles. The Hall–Kier alpha value is -0.310. The Morgan fingerprint density at radius 3 is 2.70 bits per heavy atom. The van der Waals surface area contributed by atoms with Gasteiger partial charge in [0.05, 0.1) is 0 Å². The van der Waals surface area contributed by atoms with Gasteiger partial charge in [0.2, 0.25) is 5.91 Å². The third-order valence-electron chi connectivity index (χ3n) is 0.909. The monoisotopic (exact) mass is 205 g/mol. The van der Waals surface area contributed by atoms with Gasteiger partial charge >= 0.3 is 0 Å². The summed E-state index contributed by atoms with van der Waals surface area (Å²) >= 11 is 3.17. The molecule has 3 heteroatoms. The molecule has 0 aliphatic rings. The zero-order chi connectivity index (χ0) is 7.98. The van der Waals surface area contributed by atoms with E-state index in [1.165, 1.54) is 0 Å². The maximum Gasteiger partial charge on any atom is 0.221 e. The lowest BCUT2D eigenvalue weighted by molar-refractivity contribution is -0.120. The molecule has 0 heterocycles. The molecule has 0 bridgehead atoms. The summed E-state index contributed by atoms with van der Waals surface area (Å²) in [5.41, 5.74) is 0.975. The van der Waals surface area contributed by atoms with E-state index in [4.69, 9.17) is 0 Å². The highest BCUT2D eigenvalue weighted by Gasteiger charge is 1.96. The van der Waals surface area contributed by atoms with Gasteiger partial charge in [0, 0.05) is 18.3 Å². The normalized spacial score (nSPS) is 9.00. The van der Waals surface area contributed by atoms with E-state index in [-0.39, 0.29) is 5.91 Å². The number of rotatable bonds is 4. The lowest BCUT2D eigenvalue weighted by Crippen LogP contribution is -2.24. The molecule has 0 aliphatic heterocycles. The van der Waals surface area contributed by atoms with Crippen LogP contribution in [0.15, 0.2) is 12.2 Å². The highest BCUT2D eigenvalue weighted by Crippen LogP contribution is 1.88. The van der Waals surface area contributed by atoms with Gasteiger partial charge in [-0.2, -0.15) is 0 Å². The molecule has 0 saturated carbocycles. The van der Waals surface area contributed by atoms with Crippen LogP contribution in [0, 0.1) is 0 Å². The minimum Gasteiger partial charge on any atom is -0.352 e. The van der Waals surface area contributed by atoms with Crippen LogP contribution in [0.1, 0.15) is 13.3 Å². The van der Waals surface area contributed by atoms with E-state index in [1.54, 1.807) is 0 Å². The van der Waals surface area contributed by atoms with Crippen molar-refractivity contribution in [2.75, 3.05) is 11.9 Å². The number of alkyl halides is 1. The van der Waals surface area contributed by atoms with Crippen molar-refractivity contribution < 1.29 is 4.79 Å². The number of hydrogen-bond donors (Lipinski definition) is 1. The van der Waals surface area contributed by atoms with Crippen molar-refractivity contribution in [1.29, 1.82) is 0 Å². The second kappa shape index (κ2) is 5.47. The smallest absolute Gasteiger partial charge is 0.221 e. The summed E-state index contributed by atoms with van der Waals surface area (Å²) in [7, 11) is 0. The molecule has 0 radical (unpaired) electrons. The third kappa shape index (κ3) is 5.82. The number of hydrogen-bond acceptors (Lipinski definition) is 1. The van der Waals surface area contributed by atoms with Crippen LogP contribution in [0.4, 0.5) is 0 Å². The van der Waals surface area contributed by atoms with Crippen LogP contribution in [0.2, 0.25) is 0 Å². The number of carbonyl (C=O) groups is 1. The van der Waals surface area contributed by atoms with Gasteiger partial charge in [-0.05, 0) is 6.92 Å². The van der Waals surface area contributed by atoms with Crippen LogP contribution in [0.25, 0.3) is 0 Å². The van der Waals surface area contributed by atoms with Gasteiger partial charge < -0.3 is 5.32 Å². The molecule has 10 heavy (non-hydrogen) atoms. The van der Waals surface area contributed by atoms with Gasteiger partial charge in [0.25, 0.3) is 0 Å². The van der Waals surface area contributed by atoms with Crippen LogP contribution in [-0.2, 0) is 4.79 Å². The minimum absolute atomic E-state index is 0.0693. The molecule has 0 spiro atoms. The fraction of sp³-hybridized carbons (Fsp3) is 0.571. The third-order valence-corrected chi connectivity index (χ3v) is 1.31. The largest absolute Gasteiger partial charge is 0.352 e. The predicted octanol–water partition coefficient (Wildman–Crippen LogP) is 1.46. The first-order valence-electron chi connectivity index (χ1n) is 3.14. The van der Waals surface area contributed by atoms with Crippen molar-refractivity contribution >= 4 is 21.8 Å². The van der Waals surface area contributed by atoms with E-state index in [0.717, 1.165) is 10.9 Å². The van der Waals surface area contributed by atoms with E-state index in [1.807, 2.05) is 6.92 Å². The van der Waals surface area contributed by atoms with E-state index >= 15 is 0 Å². The van der Waals surface area contributed by atoms with Gasteiger partial charge in [0.15, 0.2) is 0 Å². The van der Waals surface area contributed by atoms with Crippen molar-refractivity contribution in [3.05, 3.63) is 12.2 Å². The van der Waals surface area contributed by atoms with Crippen LogP contribution in [-0.4, -0.2) is 17.8 Å². The van der Waals surface area contributed by atoms with E-state index in [2.05, 4.69) is 27.8 Å². The van der Waals surface area contributed by atoms with Gasteiger partial charge in [-0.1, -0.05) is 28.1 Å². The van der Waals surface area contributed by atoms with Crippen molar-refractivity contribution in [2.24, 2.45) is 0 Å². The first-order valence-corrected chi connectivity index (χ1v) is 4.26. The van der Waals surface area contributed by atoms with E-state index in [0.29, 0.717) is 13.0 Å². The molecule has 0 atom stereocenters. The Kier molecular flexibility index (Phi) is 5.30. The quantitative estimate of drug-likeness (QED) is 0.547. The average molecular weight is 206 g/mol. The molecular formula is C7H12BrNO. The molecule has 0 aromatic heterocycles. The molecule has 0 aliphatic carbocycles. The highest BCUT2D eigenvalue weighted by molar-refractivity contribution is 9.09. The second-order valence-electron chi connectivity index (χ2n) is 2.17. The van der Waals surface area contributed by atoms with Gasteiger partial charge in [0.1, 0.15) is 0 Å². The molecule has 0 fully saturated rings. The van der Waals surface area contributed by atoms with Gasteiger partial charge in [-0.3, -0.25) is 4.79 Å². The Labute approximate surface area is 69.8 Å². The summed E-state index contributed by atoms with van der Waals surface area (Å²) in [5.74, 6) is 0.0693. The highest BCUT2D eigenvalue weighted by atomic mass is 79.9. The van der Waals surface area contributed by atoms with Crippen LogP contribution >= 0.6 is 15.9 Å². The van der Waals surface area contributed by atoms with Crippen molar-refractivity contribution in [1.82, 2.24) is 5.32 Å². The lowest BCUT2D eigenvalue weighted by atomic mass is 10.3. The molecule has 0 unspecified atom stereocenters. The SMILES string of the molecule is C=C(C)CNC(=O)CCBr. The zero-order valence-corrected chi connectivity index (χ0v) is 7.70. The summed E-state index contributed by atoms with van der Waals surface area (Å²) in [6.07, 6.45) is 0.535. The first kappa shape index (κ1) is 9.69. The number of halogens is 1. The molecule has 0 saturated heterocycles. The van der Waals surface area contributed by atoms with Crippen LogP contribution in [0.3, 0.4) is 0 Å². The van der Waals surface area contributed by atoms with Gasteiger partial charge in [-0.25, -0.2) is 0 Å². The predicted molar refractivity (Wildman–Crippen MR) is 46.2 cm³/mol. The Balaban J connectivity index is 3.30. The fourth-order valence-corrected chi connectivity index (χ4v) is 0.784. The molecule has 1 amide bonds. The average Bonchev–Trinajstić information content (AvgIpc) is 1.85. The minimum atomic E-state index is 0.0693. The molecule has 2 nitrogen and oxygen atoms in total. The summed E-state index contributed by atoms with van der Waals surface area (Å²) in [6, 6.07) is 0. The zero-order valence-electron chi connectivity index (χ0n) is 6.11. The Bertz CT molecular complexity index is 134. The maximum absolute atomic E-state index is 10.8. The number of nitrogens with one attached hydrogen (secondary N) is 1. The van der Waals surface area contributed by atoms with Crippen molar-refractivity contribution in [2.45, 2.75) is 13.3 Å². The van der Waals surface area contributed by atoms with Crippen molar-refractivity contribution in [3.8, 4) is 0 Å². The Morgan fingerprint density at radius 2 is 2.30 bits per heavy atom.